The monoisotopic (exact) mass is 542 g/mol. The van der Waals surface area contributed by atoms with Crippen LogP contribution in [0.15, 0.2) is 91.0 Å². The van der Waals surface area contributed by atoms with E-state index in [1.165, 1.54) is 10.4 Å². The number of benzene rings is 3. The van der Waals surface area contributed by atoms with Gasteiger partial charge in [0.1, 0.15) is 8.07 Å². The van der Waals surface area contributed by atoms with Crippen LogP contribution in [-0.2, 0) is 13.9 Å². The molecule has 0 aliphatic carbocycles. The smallest absolute Gasteiger partial charge is 0.261 e. The Morgan fingerprint density at radius 3 is 1.71 bits per heavy atom. The Morgan fingerprint density at radius 2 is 1.29 bits per heavy atom. The highest BCUT2D eigenvalue weighted by Crippen LogP contribution is 2.36. The Balaban J connectivity index is 2.06. The van der Waals surface area contributed by atoms with Gasteiger partial charge in [0.25, 0.3) is 8.32 Å². The van der Waals surface area contributed by atoms with Crippen molar-refractivity contribution >= 4 is 32.3 Å². The molecule has 0 N–H and O–H groups in total. The molecule has 0 unspecified atom stereocenters. The molecule has 0 amide bonds. The number of ether oxygens (including phenoxy) is 2. The van der Waals surface area contributed by atoms with Crippen LogP contribution in [0.3, 0.4) is 0 Å². The molecule has 0 aliphatic rings. The molecular weight excluding hydrogens is 501 g/mol. The summed E-state index contributed by atoms with van der Waals surface area (Å²) in [4.78, 5) is 0. The largest absolute Gasteiger partial charge is 0.404 e. The molecule has 0 radical (unpaired) electrons. The van der Waals surface area contributed by atoms with Crippen LogP contribution in [0.4, 0.5) is 0 Å². The second-order valence-corrected chi connectivity index (χ2v) is 20.6. The molecule has 200 valence electrons. The van der Waals surface area contributed by atoms with E-state index < -0.39 is 16.4 Å². The van der Waals surface area contributed by atoms with Gasteiger partial charge in [0.2, 0.25) is 0 Å². The molecule has 0 aliphatic heterocycles. The second-order valence-electron chi connectivity index (χ2n) is 11.5. The normalized spacial score (nSPS) is 12.8. The van der Waals surface area contributed by atoms with E-state index in [1.54, 1.807) is 14.2 Å². The quantitative estimate of drug-likeness (QED) is 0.169. The number of rotatable bonds is 9. The zero-order chi connectivity index (χ0) is 27.8. The summed E-state index contributed by atoms with van der Waals surface area (Å²) in [6.07, 6.45) is 1.77. The molecule has 3 rings (SSSR count). The van der Waals surface area contributed by atoms with Crippen molar-refractivity contribution in [1.82, 2.24) is 0 Å². The maximum absolute atomic E-state index is 7.11. The predicted molar refractivity (Wildman–Crippen MR) is 166 cm³/mol. The second kappa shape index (κ2) is 12.9. The third kappa shape index (κ3) is 7.22. The summed E-state index contributed by atoms with van der Waals surface area (Å²) in [6, 6.07) is 29.8. The zero-order valence-electron chi connectivity index (χ0n) is 24.2. The van der Waals surface area contributed by atoms with E-state index in [2.05, 4.69) is 131 Å². The van der Waals surface area contributed by atoms with Crippen molar-refractivity contribution in [2.24, 2.45) is 0 Å². The van der Waals surface area contributed by atoms with Crippen molar-refractivity contribution in [3.8, 4) is 11.5 Å². The van der Waals surface area contributed by atoms with Gasteiger partial charge >= 0.3 is 0 Å². The Kier molecular flexibility index (Phi) is 10.1. The maximum Gasteiger partial charge on any atom is 0.261 e. The Hall–Kier alpha value is -2.73. The minimum absolute atomic E-state index is 0.0787. The summed E-state index contributed by atoms with van der Waals surface area (Å²) in [5.74, 6) is 3.50. The third-order valence-electron chi connectivity index (χ3n) is 6.50. The highest BCUT2D eigenvalue weighted by molar-refractivity contribution is 6.99. The molecule has 3 aromatic rings. The van der Waals surface area contributed by atoms with Gasteiger partial charge in [-0.25, -0.2) is 0 Å². The van der Waals surface area contributed by atoms with Gasteiger partial charge < -0.3 is 13.9 Å². The molecule has 0 bridgehead atoms. The van der Waals surface area contributed by atoms with Gasteiger partial charge in [0.15, 0.2) is 6.29 Å². The van der Waals surface area contributed by atoms with Crippen molar-refractivity contribution in [3.05, 3.63) is 102 Å². The van der Waals surface area contributed by atoms with E-state index in [0.29, 0.717) is 6.61 Å². The molecule has 0 heterocycles. The fourth-order valence-corrected chi connectivity index (χ4v) is 9.69. The SMILES string of the molecule is COC(OC)c1ccc(/C(C#C[Si](C)(C)C)=C\CO[Si](c2ccccc2)(c2ccccc2)C(C)(C)C)cc1. The molecule has 0 spiro atoms. The van der Waals surface area contributed by atoms with Crippen molar-refractivity contribution in [3.63, 3.8) is 0 Å². The molecule has 3 nitrogen and oxygen atoms in total. The van der Waals surface area contributed by atoms with Crippen LogP contribution in [0.2, 0.25) is 24.7 Å². The highest BCUT2D eigenvalue weighted by atomic mass is 28.4. The van der Waals surface area contributed by atoms with E-state index >= 15 is 0 Å². The first kappa shape index (κ1) is 29.8. The summed E-state index contributed by atoms with van der Waals surface area (Å²) >= 11 is 0. The summed E-state index contributed by atoms with van der Waals surface area (Å²) < 4.78 is 18.0. The van der Waals surface area contributed by atoms with Crippen molar-refractivity contribution in [2.45, 2.75) is 51.7 Å². The Bertz CT molecular complexity index is 1200. The first-order chi connectivity index (χ1) is 18.0. The van der Waals surface area contributed by atoms with Gasteiger partial charge in [-0.2, -0.15) is 0 Å². The number of hydrogen-bond acceptors (Lipinski definition) is 3. The number of methoxy groups -OCH3 is 2. The van der Waals surface area contributed by atoms with Crippen LogP contribution in [0.25, 0.3) is 5.57 Å². The lowest BCUT2D eigenvalue weighted by atomic mass is 10.0. The number of hydrogen-bond donors (Lipinski definition) is 0. The van der Waals surface area contributed by atoms with Gasteiger partial charge in [0, 0.05) is 25.4 Å². The van der Waals surface area contributed by atoms with Crippen LogP contribution in [0.1, 0.15) is 38.2 Å². The predicted octanol–water partition coefficient (Wildman–Crippen LogP) is 6.82. The van der Waals surface area contributed by atoms with E-state index in [9.17, 15) is 0 Å². The maximum atomic E-state index is 7.11. The topological polar surface area (TPSA) is 27.7 Å². The standard InChI is InChI=1S/C33H42O3Si2/c1-33(2,3)38(30-15-11-9-12-16-30,31-17-13-10-14-18-31)36-25-23-28(24-26-37(6,7)8)27-19-21-29(22-20-27)32(34-4)35-5/h9-23,32H,25H2,1-8H3/b28-23-. The fraction of sp³-hybridized carbons (Fsp3) is 0.333. The van der Waals surface area contributed by atoms with Gasteiger partial charge in [0.05, 0.1) is 6.61 Å². The molecular formula is C33H42O3Si2. The van der Waals surface area contributed by atoms with E-state index in [0.717, 1.165) is 16.7 Å². The fourth-order valence-electron chi connectivity index (χ4n) is 4.70. The van der Waals surface area contributed by atoms with Gasteiger partial charge in [-0.15, -0.1) is 5.54 Å². The first-order valence-corrected chi connectivity index (χ1v) is 18.6. The molecule has 0 saturated carbocycles. The third-order valence-corrected chi connectivity index (χ3v) is 12.4. The van der Waals surface area contributed by atoms with Crippen LogP contribution >= 0.6 is 0 Å². The lowest BCUT2D eigenvalue weighted by molar-refractivity contribution is -0.106. The minimum atomic E-state index is -2.63. The average Bonchev–Trinajstić information content (AvgIpc) is 2.89. The van der Waals surface area contributed by atoms with Crippen LogP contribution in [-0.4, -0.2) is 37.2 Å². The molecule has 0 atom stereocenters. The molecule has 3 aromatic carbocycles. The van der Waals surface area contributed by atoms with Crippen LogP contribution in [0.5, 0.6) is 0 Å². The van der Waals surface area contributed by atoms with E-state index in [-0.39, 0.29) is 11.3 Å². The molecule has 0 fully saturated rings. The van der Waals surface area contributed by atoms with Gasteiger partial charge in [-0.05, 0) is 27.1 Å². The van der Waals surface area contributed by atoms with Crippen molar-refractivity contribution in [2.75, 3.05) is 20.8 Å². The van der Waals surface area contributed by atoms with Crippen LogP contribution in [0, 0.1) is 11.5 Å². The van der Waals surface area contributed by atoms with Crippen LogP contribution < -0.4 is 10.4 Å². The minimum Gasteiger partial charge on any atom is -0.404 e. The Morgan fingerprint density at radius 1 is 0.789 bits per heavy atom. The van der Waals surface area contributed by atoms with E-state index in [4.69, 9.17) is 13.9 Å². The molecule has 0 aromatic heterocycles. The molecule has 0 saturated heterocycles. The summed E-state index contributed by atoms with van der Waals surface area (Å²) in [5.41, 5.74) is 6.58. The van der Waals surface area contributed by atoms with Gasteiger partial charge in [-0.1, -0.05) is 131 Å². The Labute approximate surface area is 232 Å². The number of allylic oxidation sites excluding steroid dienone is 1. The van der Waals surface area contributed by atoms with Gasteiger partial charge in [-0.3, -0.25) is 0 Å². The molecule has 38 heavy (non-hydrogen) atoms. The lowest BCUT2D eigenvalue weighted by Crippen LogP contribution is -2.66. The zero-order valence-corrected chi connectivity index (χ0v) is 26.2. The highest BCUT2D eigenvalue weighted by Gasteiger charge is 2.49. The summed E-state index contributed by atoms with van der Waals surface area (Å²) in [7, 11) is -0.910. The van der Waals surface area contributed by atoms with Crippen molar-refractivity contribution in [1.29, 1.82) is 0 Å². The van der Waals surface area contributed by atoms with Crippen molar-refractivity contribution < 1.29 is 13.9 Å². The summed E-state index contributed by atoms with van der Waals surface area (Å²) in [6.45, 7) is 14.2. The summed E-state index contributed by atoms with van der Waals surface area (Å²) in [5, 5.41) is 2.47. The first-order valence-electron chi connectivity index (χ1n) is 13.2. The molecule has 5 heteroatoms. The van der Waals surface area contributed by atoms with E-state index in [1.807, 2.05) is 12.1 Å². The average molecular weight is 543 g/mol. The lowest BCUT2D eigenvalue weighted by Gasteiger charge is -2.42.